The molecule has 0 radical (unpaired) electrons. The second kappa shape index (κ2) is 14.1. The van der Waals surface area contributed by atoms with Crippen LogP contribution in [-0.2, 0) is 4.74 Å². The fourth-order valence-electron chi connectivity index (χ4n) is 5.84. The number of amides is 1. The Balaban J connectivity index is 1.83. The van der Waals surface area contributed by atoms with Crippen molar-refractivity contribution >= 4 is 40.5 Å². The quantitative estimate of drug-likeness (QED) is 0.175. The number of pyridine rings is 3. The predicted octanol–water partition coefficient (Wildman–Crippen LogP) is 7.50. The number of hydrogen-bond acceptors (Lipinski definition) is 8. The van der Waals surface area contributed by atoms with E-state index in [-0.39, 0.29) is 58.9 Å². The predicted molar refractivity (Wildman–Crippen MR) is 190 cm³/mol. The first-order valence-electron chi connectivity index (χ1n) is 15.9. The van der Waals surface area contributed by atoms with Crippen molar-refractivity contribution < 1.29 is 18.7 Å². The van der Waals surface area contributed by atoms with Crippen molar-refractivity contribution in [3.8, 4) is 28.8 Å². The fourth-order valence-corrected chi connectivity index (χ4v) is 6.08. The van der Waals surface area contributed by atoms with Gasteiger partial charge in [0.15, 0.2) is 0 Å². The van der Waals surface area contributed by atoms with Crippen LogP contribution in [0.1, 0.15) is 57.4 Å². The number of aromatic nitrogens is 3. The minimum atomic E-state index is -0.663. The van der Waals surface area contributed by atoms with Gasteiger partial charge in [0.05, 0.1) is 33.3 Å². The second-order valence-corrected chi connectivity index (χ2v) is 13.2. The van der Waals surface area contributed by atoms with Gasteiger partial charge in [-0.1, -0.05) is 56.8 Å². The van der Waals surface area contributed by atoms with Gasteiger partial charge in [-0.05, 0) is 51.0 Å². The van der Waals surface area contributed by atoms with Crippen molar-refractivity contribution in [1.82, 2.24) is 19.4 Å². The van der Waals surface area contributed by atoms with Crippen LogP contribution in [0.3, 0.4) is 0 Å². The summed E-state index contributed by atoms with van der Waals surface area (Å²) in [6, 6.07) is 9.83. The lowest BCUT2D eigenvalue weighted by Gasteiger charge is -2.37. The zero-order valence-corrected chi connectivity index (χ0v) is 29.0. The summed E-state index contributed by atoms with van der Waals surface area (Å²) in [6.07, 6.45) is 4.32. The Morgan fingerprint density at radius 1 is 1.16 bits per heavy atom. The molecule has 5 rings (SSSR count). The summed E-state index contributed by atoms with van der Waals surface area (Å²) in [5, 5.41) is 11.0. The number of fused-ring (bicyclic) bond motifs is 1. The molecule has 3 aromatic heterocycles. The zero-order valence-electron chi connectivity index (χ0n) is 28.2. The molecule has 0 bridgehead atoms. The van der Waals surface area contributed by atoms with Crippen LogP contribution in [0, 0.1) is 17.1 Å². The number of ether oxygens (including phenoxy) is 2. The maximum Gasteiger partial charge on any atom is 0.410 e. The molecule has 49 heavy (non-hydrogen) atoms. The Morgan fingerprint density at radius 3 is 2.49 bits per heavy atom. The molecule has 254 valence electrons. The van der Waals surface area contributed by atoms with E-state index in [4.69, 9.17) is 26.1 Å². The molecule has 1 aliphatic heterocycles. The van der Waals surface area contributed by atoms with Crippen LogP contribution in [-0.4, -0.2) is 63.9 Å². The zero-order chi connectivity index (χ0) is 35.6. The number of carbonyl (C=O) groups excluding carboxylic acids is 1. The molecule has 0 N–H and O–H groups in total. The van der Waals surface area contributed by atoms with Crippen LogP contribution in [0.4, 0.5) is 14.9 Å². The highest BCUT2D eigenvalue weighted by Crippen LogP contribution is 2.41. The first kappa shape index (κ1) is 35.1. The molecule has 1 saturated heterocycles. The average Bonchev–Trinajstić information content (AvgIpc) is 3.06. The maximum absolute atomic E-state index is 15.6. The van der Waals surface area contributed by atoms with Crippen LogP contribution in [0.2, 0.25) is 5.02 Å². The van der Waals surface area contributed by atoms with Crippen molar-refractivity contribution in [2.24, 2.45) is 0 Å². The van der Waals surface area contributed by atoms with E-state index in [9.17, 15) is 14.9 Å². The Kier molecular flexibility index (Phi) is 10.1. The largest absolute Gasteiger partial charge is 0.489 e. The number of piperazine rings is 1. The molecule has 12 heteroatoms. The molecule has 0 saturated carbocycles. The topological polar surface area (TPSA) is 114 Å². The number of hydrogen-bond donors (Lipinski definition) is 0. The van der Waals surface area contributed by atoms with Crippen LogP contribution in [0.5, 0.6) is 5.75 Å². The highest BCUT2D eigenvalue weighted by atomic mass is 35.5. The highest BCUT2D eigenvalue weighted by Gasteiger charge is 2.32. The van der Waals surface area contributed by atoms with Gasteiger partial charge in [0.1, 0.15) is 41.1 Å². The minimum absolute atomic E-state index is 0.00588. The molecule has 10 nitrogen and oxygen atoms in total. The number of nitrogens with zero attached hydrogens (tertiary/aromatic N) is 6. The summed E-state index contributed by atoms with van der Waals surface area (Å²) < 4.78 is 28.3. The smallest absolute Gasteiger partial charge is 0.410 e. The van der Waals surface area contributed by atoms with Crippen molar-refractivity contribution in [2.75, 3.05) is 37.7 Å². The molecule has 1 aliphatic rings. The molecule has 1 amide bonds. The van der Waals surface area contributed by atoms with Crippen LogP contribution in [0.15, 0.2) is 60.6 Å². The van der Waals surface area contributed by atoms with E-state index in [1.807, 2.05) is 18.7 Å². The minimum Gasteiger partial charge on any atom is -0.489 e. The molecule has 4 heterocycles. The molecular formula is C37H38ClFN6O4. The summed E-state index contributed by atoms with van der Waals surface area (Å²) in [4.78, 5) is 40.4. The van der Waals surface area contributed by atoms with E-state index in [1.165, 1.54) is 22.8 Å². The van der Waals surface area contributed by atoms with Crippen molar-refractivity contribution in [3.63, 3.8) is 0 Å². The number of benzene rings is 1. The first-order chi connectivity index (χ1) is 23.3. The molecule has 1 fully saturated rings. The van der Waals surface area contributed by atoms with Gasteiger partial charge in [-0.3, -0.25) is 14.3 Å². The monoisotopic (exact) mass is 684 g/mol. The Morgan fingerprint density at radius 2 is 1.88 bits per heavy atom. The average molecular weight is 685 g/mol. The third kappa shape index (κ3) is 6.87. The summed E-state index contributed by atoms with van der Waals surface area (Å²) in [5.41, 5.74) is 0.603. The second-order valence-electron chi connectivity index (χ2n) is 12.8. The third-order valence-corrected chi connectivity index (χ3v) is 8.27. The van der Waals surface area contributed by atoms with Gasteiger partial charge >= 0.3 is 6.09 Å². The van der Waals surface area contributed by atoms with Gasteiger partial charge in [0, 0.05) is 43.3 Å². The Hall–Kier alpha value is -5.21. The lowest BCUT2D eigenvalue weighted by Crippen LogP contribution is -2.50. The number of anilines is 1. The van der Waals surface area contributed by atoms with Crippen LogP contribution < -0.4 is 15.2 Å². The summed E-state index contributed by atoms with van der Waals surface area (Å²) in [7, 11) is 0. The summed E-state index contributed by atoms with van der Waals surface area (Å²) in [5.74, 6) is -0.585. The Labute approximate surface area is 289 Å². The van der Waals surface area contributed by atoms with Crippen LogP contribution in [0.25, 0.3) is 34.1 Å². The standard InChI is InChI=1S/C37H38ClFN6O4/c1-8-19-48-28-12-10-11-27(39)29(28)31-26(38)20-24-33(43-15-17-44(18-16-43)36(47)49-37(5,6)7)25(21-40)35(46)45(34(24)42-31)32-23(9-2)13-14-41-30(32)22(3)4/h8-14,20,22H,1-2,15-19H2,3-7H3. The van der Waals surface area contributed by atoms with Gasteiger partial charge in [-0.15, -0.1) is 0 Å². The first-order valence-corrected chi connectivity index (χ1v) is 16.3. The van der Waals surface area contributed by atoms with Crippen molar-refractivity contribution in [2.45, 2.75) is 46.1 Å². The van der Waals surface area contributed by atoms with E-state index in [0.717, 1.165) is 0 Å². The SMILES string of the molecule is C=CCOc1cccc(F)c1-c1nc2c(cc1Cl)c(N1CCN(C(=O)OC(C)(C)C)CC1)c(C#N)c(=O)n2-c1c(C=C)ccnc1C(C)C. The van der Waals surface area contributed by atoms with Gasteiger partial charge in [-0.2, -0.15) is 5.26 Å². The van der Waals surface area contributed by atoms with E-state index in [2.05, 4.69) is 24.2 Å². The van der Waals surface area contributed by atoms with Gasteiger partial charge < -0.3 is 19.3 Å². The number of nitriles is 1. The number of carbonyl (C=O) groups is 1. The molecule has 0 unspecified atom stereocenters. The van der Waals surface area contributed by atoms with E-state index in [1.54, 1.807) is 56.1 Å². The molecule has 0 atom stereocenters. The number of rotatable bonds is 8. The molecule has 0 spiro atoms. The van der Waals surface area contributed by atoms with Crippen molar-refractivity contribution in [3.05, 3.63) is 93.8 Å². The van der Waals surface area contributed by atoms with E-state index in [0.29, 0.717) is 41.1 Å². The lowest BCUT2D eigenvalue weighted by atomic mass is 10.0. The van der Waals surface area contributed by atoms with Gasteiger partial charge in [-0.25, -0.2) is 14.2 Å². The summed E-state index contributed by atoms with van der Waals surface area (Å²) in [6.45, 7) is 18.2. The van der Waals surface area contributed by atoms with Gasteiger partial charge in [0.25, 0.3) is 5.56 Å². The normalized spacial score (nSPS) is 13.4. The summed E-state index contributed by atoms with van der Waals surface area (Å²) >= 11 is 6.94. The third-order valence-electron chi connectivity index (χ3n) is 7.98. The van der Waals surface area contributed by atoms with E-state index >= 15 is 4.39 Å². The van der Waals surface area contributed by atoms with Crippen molar-refractivity contribution in [1.29, 1.82) is 5.26 Å². The lowest BCUT2D eigenvalue weighted by molar-refractivity contribution is 0.0240. The molecule has 0 aliphatic carbocycles. The van der Waals surface area contributed by atoms with Gasteiger partial charge in [0.2, 0.25) is 0 Å². The Bertz CT molecular complexity index is 2060. The fraction of sp³-hybridized carbons (Fsp3) is 0.324. The number of halogens is 2. The molecular weight excluding hydrogens is 647 g/mol. The highest BCUT2D eigenvalue weighted by molar-refractivity contribution is 6.34. The molecule has 4 aromatic rings. The van der Waals surface area contributed by atoms with Crippen LogP contribution >= 0.6 is 11.6 Å². The van der Waals surface area contributed by atoms with E-state index < -0.39 is 23.1 Å². The molecule has 1 aromatic carbocycles. The maximum atomic E-state index is 15.6.